The lowest BCUT2D eigenvalue weighted by molar-refractivity contribution is 0.103. The quantitative estimate of drug-likeness (QED) is 0.218. The lowest BCUT2D eigenvalue weighted by atomic mass is 9.86. The van der Waals surface area contributed by atoms with Gasteiger partial charge in [0.2, 0.25) is 0 Å². The Bertz CT molecular complexity index is 1800. The number of ketones is 2. The Kier molecular flexibility index (Phi) is 9.80. The number of hydrogen-bond acceptors (Lipinski definition) is 6. The Balaban J connectivity index is 1.71. The number of hydrogen-bond donors (Lipinski definition) is 0. The van der Waals surface area contributed by atoms with Crippen LogP contribution < -0.4 is 0 Å². The Morgan fingerprint density at radius 1 is 0.698 bits per heavy atom. The molecular weight excluding hydrogens is 579 g/mol. The van der Waals surface area contributed by atoms with Crippen molar-refractivity contribution in [3.05, 3.63) is 103 Å². The molecule has 0 aromatic heterocycles. The zero-order valence-corrected chi connectivity index (χ0v) is 25.2. The van der Waals surface area contributed by atoms with Crippen molar-refractivity contribution in [2.75, 3.05) is 0 Å². The third kappa shape index (κ3) is 5.82. The van der Waals surface area contributed by atoms with Crippen molar-refractivity contribution >= 4 is 45.9 Å². The van der Waals surface area contributed by atoms with Crippen LogP contribution in [0, 0.1) is 57.2 Å². The molecule has 2 aliphatic rings. The summed E-state index contributed by atoms with van der Waals surface area (Å²) < 4.78 is 0. The molecule has 0 fully saturated rings. The summed E-state index contributed by atoms with van der Waals surface area (Å²) in [6.07, 6.45) is 7.29. The SMILES string of the molecule is CCCC(/C=C1\C(=O)c2c(Cl)cccc2C1=C(C#N)C#N)CC[C@@H](/C=C1\C(=O)c2c(Cl)cccc2C1=C(C#N)C#N)CC. The zero-order valence-electron chi connectivity index (χ0n) is 23.7. The molecule has 4 rings (SSSR count). The van der Waals surface area contributed by atoms with E-state index in [1.165, 1.54) is 0 Å². The van der Waals surface area contributed by atoms with Crippen molar-refractivity contribution in [3.8, 4) is 24.3 Å². The van der Waals surface area contributed by atoms with Gasteiger partial charge in [0.15, 0.2) is 11.6 Å². The van der Waals surface area contributed by atoms with Crippen LogP contribution in [0.3, 0.4) is 0 Å². The molecule has 2 aromatic carbocycles. The first-order valence-corrected chi connectivity index (χ1v) is 14.7. The molecule has 0 N–H and O–H groups in total. The summed E-state index contributed by atoms with van der Waals surface area (Å²) in [6.45, 7) is 4.04. The van der Waals surface area contributed by atoms with Crippen molar-refractivity contribution in [3.63, 3.8) is 0 Å². The van der Waals surface area contributed by atoms with Crippen molar-refractivity contribution in [1.82, 2.24) is 0 Å². The van der Waals surface area contributed by atoms with Gasteiger partial charge < -0.3 is 0 Å². The molecule has 1 unspecified atom stereocenters. The molecule has 0 bridgehead atoms. The predicted molar refractivity (Wildman–Crippen MR) is 165 cm³/mol. The molecule has 43 heavy (non-hydrogen) atoms. The summed E-state index contributed by atoms with van der Waals surface area (Å²) in [4.78, 5) is 27.0. The Morgan fingerprint density at radius 2 is 1.12 bits per heavy atom. The average Bonchev–Trinajstić information content (AvgIpc) is 3.44. The molecule has 212 valence electrons. The molecule has 0 saturated carbocycles. The highest BCUT2D eigenvalue weighted by atomic mass is 35.5. The van der Waals surface area contributed by atoms with Crippen molar-refractivity contribution in [1.29, 1.82) is 21.0 Å². The maximum atomic E-state index is 13.5. The van der Waals surface area contributed by atoms with E-state index in [-0.39, 0.29) is 44.6 Å². The van der Waals surface area contributed by atoms with E-state index < -0.39 is 0 Å². The minimum absolute atomic E-state index is 0.0622. The molecule has 0 radical (unpaired) electrons. The van der Waals surface area contributed by atoms with E-state index in [9.17, 15) is 30.6 Å². The maximum absolute atomic E-state index is 13.5. The number of allylic oxidation sites excluding steroid dienone is 8. The van der Waals surface area contributed by atoms with Gasteiger partial charge in [-0.25, -0.2) is 0 Å². The monoisotopic (exact) mass is 604 g/mol. The summed E-state index contributed by atoms with van der Waals surface area (Å²) in [5.74, 6) is -0.762. The number of carbonyl (C=O) groups is 2. The third-order valence-electron chi connectivity index (χ3n) is 7.89. The fourth-order valence-electron chi connectivity index (χ4n) is 5.83. The summed E-state index contributed by atoms with van der Waals surface area (Å²) in [6, 6.07) is 17.7. The Morgan fingerprint density at radius 3 is 1.51 bits per heavy atom. The highest BCUT2D eigenvalue weighted by Gasteiger charge is 2.36. The first-order chi connectivity index (χ1) is 20.8. The van der Waals surface area contributed by atoms with Crippen LogP contribution in [-0.2, 0) is 0 Å². The molecule has 0 heterocycles. The van der Waals surface area contributed by atoms with E-state index in [1.807, 2.05) is 50.3 Å². The van der Waals surface area contributed by atoms with Crippen molar-refractivity contribution in [2.45, 2.75) is 46.0 Å². The Labute approximate surface area is 261 Å². The topological polar surface area (TPSA) is 129 Å². The van der Waals surface area contributed by atoms with Gasteiger partial charge in [0, 0.05) is 33.4 Å². The standard InChI is InChI=1S/C35H26Cl2N4O2/c1-3-7-21(15-27-31(23(18-40)19-41)25-9-6-11-29(37)33(25)35(27)43)13-12-20(4-2)14-26-30(22(16-38)17-39)24-8-5-10-28(36)32(24)34(26)42/h5-6,8-11,14-15,20-21H,3-4,7,12-13H2,1-2H3/b26-14-,27-15-/t20-,21?/m0/s1. The van der Waals surface area contributed by atoms with E-state index in [0.29, 0.717) is 63.8 Å². The van der Waals surface area contributed by atoms with Gasteiger partial charge in [-0.05, 0) is 60.8 Å². The third-order valence-corrected chi connectivity index (χ3v) is 8.52. The zero-order chi connectivity index (χ0) is 31.3. The average molecular weight is 606 g/mol. The van der Waals surface area contributed by atoms with Crippen LogP contribution in [0.1, 0.15) is 77.8 Å². The fourth-order valence-corrected chi connectivity index (χ4v) is 6.35. The molecule has 0 saturated heterocycles. The number of benzene rings is 2. The van der Waals surface area contributed by atoms with Gasteiger partial charge in [-0.1, -0.05) is 79.9 Å². The first-order valence-electron chi connectivity index (χ1n) is 14.0. The van der Waals surface area contributed by atoms with Gasteiger partial charge in [0.05, 0.1) is 10.0 Å². The molecule has 2 aromatic rings. The smallest absolute Gasteiger partial charge is 0.195 e. The lowest BCUT2D eigenvalue weighted by Gasteiger charge is -2.18. The van der Waals surface area contributed by atoms with Gasteiger partial charge in [0.25, 0.3) is 0 Å². The highest BCUT2D eigenvalue weighted by Crippen LogP contribution is 2.44. The highest BCUT2D eigenvalue weighted by molar-refractivity contribution is 6.40. The normalized spacial score (nSPS) is 16.7. The second kappa shape index (κ2) is 13.5. The molecule has 0 spiro atoms. The van der Waals surface area contributed by atoms with Gasteiger partial charge >= 0.3 is 0 Å². The minimum atomic E-state index is -0.314. The van der Waals surface area contributed by atoms with E-state index in [4.69, 9.17) is 23.2 Å². The molecule has 2 aliphatic carbocycles. The van der Waals surface area contributed by atoms with Crippen LogP contribution in [0.4, 0.5) is 0 Å². The summed E-state index contributed by atoms with van der Waals surface area (Å²) in [7, 11) is 0. The van der Waals surface area contributed by atoms with E-state index in [1.54, 1.807) is 36.4 Å². The number of rotatable bonds is 8. The second-order valence-corrected chi connectivity index (χ2v) is 11.2. The summed E-state index contributed by atoms with van der Waals surface area (Å²) >= 11 is 12.7. The van der Waals surface area contributed by atoms with Crippen LogP contribution in [0.2, 0.25) is 10.0 Å². The van der Waals surface area contributed by atoms with E-state index in [0.717, 1.165) is 12.8 Å². The van der Waals surface area contributed by atoms with Gasteiger partial charge in [-0.3, -0.25) is 9.59 Å². The number of carbonyl (C=O) groups excluding carboxylic acids is 2. The van der Waals surface area contributed by atoms with Gasteiger partial charge in [0.1, 0.15) is 35.4 Å². The minimum Gasteiger partial charge on any atom is -0.289 e. The van der Waals surface area contributed by atoms with Gasteiger partial charge in [-0.15, -0.1) is 0 Å². The molecule has 2 atom stereocenters. The van der Waals surface area contributed by atoms with Crippen LogP contribution in [0.5, 0.6) is 0 Å². The van der Waals surface area contributed by atoms with Crippen LogP contribution in [0.25, 0.3) is 11.1 Å². The Hall–Kier alpha value is -4.72. The summed E-state index contributed by atoms with van der Waals surface area (Å²) in [5, 5.41) is 39.2. The molecule has 0 aliphatic heterocycles. The van der Waals surface area contributed by atoms with E-state index >= 15 is 0 Å². The lowest BCUT2D eigenvalue weighted by Crippen LogP contribution is -2.07. The van der Waals surface area contributed by atoms with Crippen molar-refractivity contribution < 1.29 is 9.59 Å². The second-order valence-electron chi connectivity index (χ2n) is 10.4. The largest absolute Gasteiger partial charge is 0.289 e. The number of fused-ring (bicyclic) bond motifs is 2. The van der Waals surface area contributed by atoms with Crippen LogP contribution in [0.15, 0.2) is 70.8 Å². The molecule has 6 nitrogen and oxygen atoms in total. The molecule has 0 amide bonds. The molecular formula is C35H26Cl2N4O2. The predicted octanol–water partition coefficient (Wildman–Crippen LogP) is 8.76. The van der Waals surface area contributed by atoms with Crippen LogP contribution in [-0.4, -0.2) is 11.6 Å². The van der Waals surface area contributed by atoms with Gasteiger partial charge in [-0.2, -0.15) is 21.0 Å². The van der Waals surface area contributed by atoms with Crippen LogP contribution >= 0.6 is 23.2 Å². The maximum Gasteiger partial charge on any atom is 0.195 e. The molecule has 8 heteroatoms. The summed E-state index contributed by atoms with van der Waals surface area (Å²) in [5.41, 5.74) is 2.48. The first kappa shape index (κ1) is 31.2. The van der Waals surface area contributed by atoms with E-state index in [2.05, 4.69) is 0 Å². The number of Topliss-reactive ketones (excluding diaryl/α,β-unsaturated/α-hetero) is 2. The number of nitriles is 4. The van der Waals surface area contributed by atoms with Crippen molar-refractivity contribution in [2.24, 2.45) is 11.8 Å². The fraction of sp³-hybridized carbons (Fsp3) is 0.257. The number of nitrogens with zero attached hydrogens (tertiary/aromatic N) is 4. The number of halogens is 2.